The van der Waals surface area contributed by atoms with E-state index in [1.54, 1.807) is 25.3 Å². The van der Waals surface area contributed by atoms with Gasteiger partial charge in [-0.3, -0.25) is 19.3 Å². The van der Waals surface area contributed by atoms with Crippen molar-refractivity contribution in [2.75, 3.05) is 12.0 Å². The van der Waals surface area contributed by atoms with E-state index < -0.39 is 0 Å². The van der Waals surface area contributed by atoms with Crippen LogP contribution in [0.2, 0.25) is 0 Å². The summed E-state index contributed by atoms with van der Waals surface area (Å²) in [6, 6.07) is 12.8. The Morgan fingerprint density at radius 1 is 0.844 bits per heavy atom. The predicted octanol–water partition coefficient (Wildman–Crippen LogP) is 3.88. The molecule has 0 aromatic heterocycles. The third kappa shape index (κ3) is 2.21. The van der Waals surface area contributed by atoms with E-state index in [4.69, 9.17) is 4.74 Å². The highest BCUT2D eigenvalue weighted by atomic mass is 16.5. The van der Waals surface area contributed by atoms with E-state index in [-0.39, 0.29) is 41.3 Å². The number of imide groups is 1. The van der Waals surface area contributed by atoms with Crippen molar-refractivity contribution < 1.29 is 19.1 Å². The normalized spacial score (nSPS) is 33.2. The van der Waals surface area contributed by atoms with Crippen LogP contribution in [0.3, 0.4) is 0 Å². The minimum absolute atomic E-state index is 0.0303. The molecule has 6 aliphatic rings. The number of allylic oxidation sites excluding steroid dienone is 3. The Bertz CT molecular complexity index is 1250. The lowest BCUT2D eigenvalue weighted by Crippen LogP contribution is -2.40. The highest BCUT2D eigenvalue weighted by Gasteiger charge is 2.67. The number of amides is 2. The van der Waals surface area contributed by atoms with Gasteiger partial charge in [0.2, 0.25) is 11.8 Å². The number of anilines is 1. The average molecular weight is 423 g/mol. The van der Waals surface area contributed by atoms with Crippen LogP contribution in [-0.2, 0) is 9.59 Å². The summed E-state index contributed by atoms with van der Waals surface area (Å²) in [5.74, 6) is 1.78. The highest BCUT2D eigenvalue weighted by Crippen LogP contribution is 2.65. The summed E-state index contributed by atoms with van der Waals surface area (Å²) >= 11 is 0. The van der Waals surface area contributed by atoms with Gasteiger partial charge in [-0.1, -0.05) is 24.3 Å². The highest BCUT2D eigenvalue weighted by molar-refractivity contribution is 6.23. The molecule has 2 aromatic rings. The van der Waals surface area contributed by atoms with Crippen LogP contribution in [0.25, 0.3) is 5.57 Å². The van der Waals surface area contributed by atoms with Gasteiger partial charge in [0.05, 0.1) is 24.6 Å². The molecule has 5 heteroatoms. The zero-order chi connectivity index (χ0) is 21.7. The summed E-state index contributed by atoms with van der Waals surface area (Å²) in [5.41, 5.74) is 3.80. The standard InChI is InChI=1S/C27H21NO4/c1-32-15-6-7-16-20(10-15)19(12-23(16)29)13-2-4-14(5-3-13)28-26(30)24-17-8-9-18(22-11-21(17)22)25(24)27(28)31/h2-10,12,17-18,21-22,24-25H,11H2,1H3/t17-,18+,21+,22-,24-,25+. The Labute approximate surface area is 185 Å². The largest absolute Gasteiger partial charge is 0.497 e. The Morgan fingerprint density at radius 3 is 2.12 bits per heavy atom. The Morgan fingerprint density at radius 2 is 1.50 bits per heavy atom. The van der Waals surface area contributed by atoms with Gasteiger partial charge in [-0.05, 0) is 83.2 Å². The van der Waals surface area contributed by atoms with Crippen LogP contribution in [-0.4, -0.2) is 24.7 Å². The molecule has 1 heterocycles. The van der Waals surface area contributed by atoms with Gasteiger partial charge in [-0.25, -0.2) is 0 Å². The van der Waals surface area contributed by atoms with Gasteiger partial charge in [0, 0.05) is 5.56 Å². The number of methoxy groups -OCH3 is 1. The Hall–Kier alpha value is -3.47. The molecule has 32 heavy (non-hydrogen) atoms. The summed E-state index contributed by atoms with van der Waals surface area (Å²) in [6.45, 7) is 0. The van der Waals surface area contributed by atoms with E-state index >= 15 is 0 Å². The van der Waals surface area contributed by atoms with Crippen LogP contribution < -0.4 is 9.64 Å². The van der Waals surface area contributed by atoms with Crippen molar-refractivity contribution in [2.24, 2.45) is 35.5 Å². The maximum absolute atomic E-state index is 13.3. The fraction of sp³-hybridized carbons (Fsp3) is 0.296. The molecule has 2 saturated carbocycles. The summed E-state index contributed by atoms with van der Waals surface area (Å²) < 4.78 is 5.32. The fourth-order valence-electron chi connectivity index (χ4n) is 6.61. The third-order valence-corrected chi connectivity index (χ3v) is 8.16. The topological polar surface area (TPSA) is 63.7 Å². The molecule has 0 radical (unpaired) electrons. The fourth-order valence-corrected chi connectivity index (χ4v) is 6.61. The lowest BCUT2D eigenvalue weighted by molar-refractivity contribution is -0.124. The van der Waals surface area contributed by atoms with Crippen LogP contribution in [0, 0.1) is 35.5 Å². The number of fused-ring (bicyclic) bond motifs is 1. The van der Waals surface area contributed by atoms with E-state index in [1.807, 2.05) is 30.3 Å². The first kappa shape index (κ1) is 18.1. The van der Waals surface area contributed by atoms with Crippen LogP contribution in [0.4, 0.5) is 5.69 Å². The SMILES string of the molecule is COc1ccc2c(c1)C(c1ccc(N3C(=O)[C@@H]4[C@@H]5C=C[C@@H]([C@H]6C[C@@H]56)[C@@H]4C3=O)cc1)=CC2=O. The monoisotopic (exact) mass is 423 g/mol. The summed E-state index contributed by atoms with van der Waals surface area (Å²) in [6.07, 6.45) is 7.17. The van der Waals surface area contributed by atoms with Crippen molar-refractivity contribution in [1.82, 2.24) is 0 Å². The van der Waals surface area contributed by atoms with Crippen molar-refractivity contribution in [1.29, 1.82) is 0 Å². The zero-order valence-corrected chi connectivity index (χ0v) is 17.5. The van der Waals surface area contributed by atoms with Gasteiger partial charge in [-0.2, -0.15) is 0 Å². The number of carbonyl (C=O) groups is 3. The molecule has 8 rings (SSSR count). The molecule has 5 nitrogen and oxygen atoms in total. The molecule has 2 bridgehead atoms. The van der Waals surface area contributed by atoms with Gasteiger partial charge in [0.15, 0.2) is 5.78 Å². The molecule has 2 aromatic carbocycles. The molecule has 2 amide bonds. The summed E-state index contributed by atoms with van der Waals surface area (Å²) in [7, 11) is 1.60. The quantitative estimate of drug-likeness (QED) is 0.555. The average Bonchev–Trinajstić information content (AvgIpc) is 3.53. The Kier molecular flexibility index (Phi) is 3.44. The molecular formula is C27H21NO4. The number of benzene rings is 2. The molecule has 158 valence electrons. The second-order valence-corrected chi connectivity index (χ2v) is 9.55. The minimum Gasteiger partial charge on any atom is -0.497 e. The summed E-state index contributed by atoms with van der Waals surface area (Å²) in [4.78, 5) is 40.5. The van der Waals surface area contributed by atoms with Crippen LogP contribution >= 0.6 is 0 Å². The molecule has 0 spiro atoms. The number of ether oxygens (including phenoxy) is 1. The molecule has 5 aliphatic carbocycles. The van der Waals surface area contributed by atoms with Gasteiger partial charge < -0.3 is 4.74 Å². The van der Waals surface area contributed by atoms with Gasteiger partial charge in [-0.15, -0.1) is 0 Å². The van der Waals surface area contributed by atoms with E-state index in [1.165, 1.54) is 4.90 Å². The molecule has 1 aliphatic heterocycles. The molecule has 0 unspecified atom stereocenters. The van der Waals surface area contributed by atoms with Crippen molar-refractivity contribution >= 4 is 28.9 Å². The number of carbonyl (C=O) groups excluding carboxylic acids is 3. The van der Waals surface area contributed by atoms with E-state index in [9.17, 15) is 14.4 Å². The van der Waals surface area contributed by atoms with Crippen LogP contribution in [0.15, 0.2) is 60.7 Å². The van der Waals surface area contributed by atoms with Crippen molar-refractivity contribution in [3.05, 3.63) is 77.4 Å². The van der Waals surface area contributed by atoms with Crippen molar-refractivity contribution in [3.8, 4) is 5.75 Å². The lowest BCUT2D eigenvalue weighted by Gasteiger charge is -2.37. The number of hydrogen-bond acceptors (Lipinski definition) is 4. The number of rotatable bonds is 3. The summed E-state index contributed by atoms with van der Waals surface area (Å²) in [5, 5.41) is 0. The maximum atomic E-state index is 13.3. The number of hydrogen-bond donors (Lipinski definition) is 0. The smallest absolute Gasteiger partial charge is 0.238 e. The van der Waals surface area contributed by atoms with Gasteiger partial charge in [0.25, 0.3) is 0 Å². The third-order valence-electron chi connectivity index (χ3n) is 8.16. The predicted molar refractivity (Wildman–Crippen MR) is 118 cm³/mol. The molecular weight excluding hydrogens is 402 g/mol. The minimum atomic E-state index is -0.199. The number of nitrogens with zero attached hydrogens (tertiary/aromatic N) is 1. The molecule has 3 fully saturated rings. The molecule has 6 atom stereocenters. The Balaban J connectivity index is 1.22. The zero-order valence-electron chi connectivity index (χ0n) is 17.5. The maximum Gasteiger partial charge on any atom is 0.238 e. The van der Waals surface area contributed by atoms with Crippen molar-refractivity contribution in [3.63, 3.8) is 0 Å². The second-order valence-electron chi connectivity index (χ2n) is 9.55. The number of ketones is 1. The van der Waals surface area contributed by atoms with Crippen LogP contribution in [0.1, 0.15) is 27.9 Å². The van der Waals surface area contributed by atoms with Gasteiger partial charge >= 0.3 is 0 Å². The van der Waals surface area contributed by atoms with E-state index in [0.717, 1.165) is 23.1 Å². The first-order valence-corrected chi connectivity index (χ1v) is 11.2. The second kappa shape index (κ2) is 6.06. The molecule has 1 saturated heterocycles. The van der Waals surface area contributed by atoms with E-state index in [2.05, 4.69) is 12.2 Å². The van der Waals surface area contributed by atoms with Crippen LogP contribution in [0.5, 0.6) is 5.75 Å². The molecule has 0 N–H and O–H groups in total. The van der Waals surface area contributed by atoms with E-state index in [0.29, 0.717) is 28.8 Å². The first-order chi connectivity index (χ1) is 15.6. The first-order valence-electron chi connectivity index (χ1n) is 11.2. The van der Waals surface area contributed by atoms with Gasteiger partial charge in [0.1, 0.15) is 5.75 Å². The van der Waals surface area contributed by atoms with Crippen molar-refractivity contribution in [2.45, 2.75) is 6.42 Å². The lowest BCUT2D eigenvalue weighted by atomic mass is 9.63.